The summed E-state index contributed by atoms with van der Waals surface area (Å²) in [7, 11) is 0. The van der Waals surface area contributed by atoms with Crippen molar-refractivity contribution >= 4 is 27.9 Å². The molecule has 0 fully saturated rings. The zero-order chi connectivity index (χ0) is 11.0. The number of carboxylic acids is 1. The van der Waals surface area contributed by atoms with Crippen molar-refractivity contribution in [2.45, 2.75) is 26.2 Å². The van der Waals surface area contributed by atoms with Gasteiger partial charge < -0.3 is 9.84 Å². The third-order valence-electron chi connectivity index (χ3n) is 1.81. The predicted molar refractivity (Wildman–Crippen MR) is 55.4 cm³/mol. The SMILES string of the molecule is CC(=O)OCC(CCBr)CCC(=O)O. The van der Waals surface area contributed by atoms with Crippen molar-refractivity contribution in [1.82, 2.24) is 0 Å². The summed E-state index contributed by atoms with van der Waals surface area (Å²) >= 11 is 3.28. The molecular weight excluding hydrogens is 252 g/mol. The molecule has 14 heavy (non-hydrogen) atoms. The Balaban J connectivity index is 3.76. The summed E-state index contributed by atoms with van der Waals surface area (Å²) < 4.78 is 4.84. The van der Waals surface area contributed by atoms with Gasteiger partial charge in [-0.05, 0) is 18.8 Å². The van der Waals surface area contributed by atoms with E-state index in [4.69, 9.17) is 9.84 Å². The number of carbonyl (C=O) groups is 2. The molecule has 0 rings (SSSR count). The third-order valence-corrected chi connectivity index (χ3v) is 2.26. The maximum Gasteiger partial charge on any atom is 0.303 e. The minimum Gasteiger partial charge on any atom is -0.481 e. The molecule has 0 heterocycles. The Morgan fingerprint density at radius 1 is 1.43 bits per heavy atom. The summed E-state index contributed by atoms with van der Waals surface area (Å²) in [5, 5.41) is 9.28. The van der Waals surface area contributed by atoms with Crippen molar-refractivity contribution in [3.63, 3.8) is 0 Å². The number of hydrogen-bond acceptors (Lipinski definition) is 3. The number of carboxylic acid groups (broad SMARTS) is 1. The number of rotatable bonds is 7. The highest BCUT2D eigenvalue weighted by Gasteiger charge is 2.11. The van der Waals surface area contributed by atoms with Crippen LogP contribution in [0.1, 0.15) is 26.2 Å². The van der Waals surface area contributed by atoms with Crippen LogP contribution in [0.4, 0.5) is 0 Å². The maximum atomic E-state index is 10.5. The topological polar surface area (TPSA) is 63.6 Å². The van der Waals surface area contributed by atoms with E-state index in [-0.39, 0.29) is 18.3 Å². The van der Waals surface area contributed by atoms with Crippen molar-refractivity contribution in [1.29, 1.82) is 0 Å². The molecule has 0 aliphatic heterocycles. The van der Waals surface area contributed by atoms with Gasteiger partial charge in [-0.3, -0.25) is 9.59 Å². The van der Waals surface area contributed by atoms with Crippen LogP contribution >= 0.6 is 15.9 Å². The van der Waals surface area contributed by atoms with E-state index in [1.807, 2.05) is 0 Å². The monoisotopic (exact) mass is 266 g/mol. The van der Waals surface area contributed by atoms with E-state index >= 15 is 0 Å². The second-order valence-electron chi connectivity index (χ2n) is 3.08. The first kappa shape index (κ1) is 13.4. The predicted octanol–water partition coefficient (Wildman–Crippen LogP) is 1.82. The molecule has 0 saturated carbocycles. The lowest BCUT2D eigenvalue weighted by atomic mass is 10.0. The first-order valence-corrected chi connectivity index (χ1v) is 5.59. The van der Waals surface area contributed by atoms with E-state index in [9.17, 15) is 9.59 Å². The molecular formula is C9H15BrO4. The molecule has 1 N–H and O–H groups in total. The van der Waals surface area contributed by atoms with Crippen molar-refractivity contribution in [3.05, 3.63) is 0 Å². The minimum atomic E-state index is -0.813. The van der Waals surface area contributed by atoms with Crippen LogP contribution in [0.2, 0.25) is 0 Å². The maximum absolute atomic E-state index is 10.5. The average Bonchev–Trinajstić information content (AvgIpc) is 2.09. The molecule has 0 aliphatic carbocycles. The normalized spacial score (nSPS) is 12.1. The number of carbonyl (C=O) groups excluding carboxylic acids is 1. The molecule has 82 valence electrons. The highest BCUT2D eigenvalue weighted by Crippen LogP contribution is 2.13. The lowest BCUT2D eigenvalue weighted by molar-refractivity contribution is -0.142. The number of esters is 1. The van der Waals surface area contributed by atoms with Crippen LogP contribution in [-0.4, -0.2) is 29.0 Å². The van der Waals surface area contributed by atoms with Gasteiger partial charge in [-0.1, -0.05) is 15.9 Å². The van der Waals surface area contributed by atoms with Gasteiger partial charge in [0.25, 0.3) is 0 Å². The molecule has 1 atom stereocenters. The first-order chi connectivity index (χ1) is 6.56. The molecule has 0 aromatic heterocycles. The zero-order valence-corrected chi connectivity index (χ0v) is 9.75. The summed E-state index contributed by atoms with van der Waals surface area (Å²) in [6, 6.07) is 0. The van der Waals surface area contributed by atoms with Gasteiger partial charge in [0, 0.05) is 18.7 Å². The molecule has 0 amide bonds. The van der Waals surface area contributed by atoms with Gasteiger partial charge in [0.1, 0.15) is 0 Å². The van der Waals surface area contributed by atoms with Gasteiger partial charge in [-0.25, -0.2) is 0 Å². The third kappa shape index (κ3) is 8.04. The van der Waals surface area contributed by atoms with Crippen molar-refractivity contribution in [2.24, 2.45) is 5.92 Å². The fraction of sp³-hybridized carbons (Fsp3) is 0.778. The molecule has 0 spiro atoms. The van der Waals surface area contributed by atoms with Crippen LogP contribution < -0.4 is 0 Å². The number of aliphatic carboxylic acids is 1. The Bertz CT molecular complexity index is 175. The summed E-state index contributed by atoms with van der Waals surface area (Å²) in [6.07, 6.45) is 1.49. The van der Waals surface area contributed by atoms with Crippen LogP contribution in [0.25, 0.3) is 0 Å². The summed E-state index contributed by atoms with van der Waals surface area (Å²) in [4.78, 5) is 20.9. The Hall–Kier alpha value is -0.580. The van der Waals surface area contributed by atoms with Gasteiger partial charge in [0.2, 0.25) is 0 Å². The van der Waals surface area contributed by atoms with Crippen molar-refractivity contribution in [2.75, 3.05) is 11.9 Å². The second kappa shape index (κ2) is 7.79. The number of alkyl halides is 1. The fourth-order valence-electron chi connectivity index (χ4n) is 1.03. The molecule has 1 unspecified atom stereocenters. The van der Waals surface area contributed by atoms with Crippen molar-refractivity contribution in [3.8, 4) is 0 Å². The molecule has 0 bridgehead atoms. The van der Waals surface area contributed by atoms with Gasteiger partial charge in [-0.2, -0.15) is 0 Å². The van der Waals surface area contributed by atoms with E-state index in [0.717, 1.165) is 11.8 Å². The van der Waals surface area contributed by atoms with Crippen molar-refractivity contribution < 1.29 is 19.4 Å². The molecule has 0 aliphatic rings. The molecule has 4 nitrogen and oxygen atoms in total. The Kier molecular flexibility index (Phi) is 7.47. The lowest BCUT2D eigenvalue weighted by Crippen LogP contribution is -2.14. The van der Waals surface area contributed by atoms with Gasteiger partial charge in [0.05, 0.1) is 6.61 Å². The quantitative estimate of drug-likeness (QED) is 0.564. The van der Waals surface area contributed by atoms with E-state index in [1.165, 1.54) is 6.92 Å². The first-order valence-electron chi connectivity index (χ1n) is 4.47. The van der Waals surface area contributed by atoms with E-state index < -0.39 is 5.97 Å². The second-order valence-corrected chi connectivity index (χ2v) is 3.87. The Labute approximate surface area is 91.8 Å². The molecule has 0 aromatic rings. The zero-order valence-electron chi connectivity index (χ0n) is 8.16. The van der Waals surface area contributed by atoms with E-state index in [0.29, 0.717) is 13.0 Å². The summed E-state index contributed by atoms with van der Waals surface area (Å²) in [5.41, 5.74) is 0. The van der Waals surface area contributed by atoms with Crippen LogP contribution in [0, 0.1) is 5.92 Å². The number of ether oxygens (including phenoxy) is 1. The lowest BCUT2D eigenvalue weighted by Gasteiger charge is -2.13. The number of halogens is 1. The largest absolute Gasteiger partial charge is 0.481 e. The molecule has 0 aromatic carbocycles. The van der Waals surface area contributed by atoms with Crippen LogP contribution in [0.3, 0.4) is 0 Å². The average molecular weight is 267 g/mol. The molecule has 5 heteroatoms. The highest BCUT2D eigenvalue weighted by atomic mass is 79.9. The minimum absolute atomic E-state index is 0.124. The van der Waals surface area contributed by atoms with E-state index in [1.54, 1.807) is 0 Å². The Morgan fingerprint density at radius 3 is 2.50 bits per heavy atom. The standard InChI is InChI=1S/C9H15BrO4/c1-7(11)14-6-8(4-5-10)2-3-9(12)13/h8H,2-6H2,1H3,(H,12,13). The summed E-state index contributed by atoms with van der Waals surface area (Å²) in [6.45, 7) is 1.66. The molecule has 0 saturated heterocycles. The van der Waals surface area contributed by atoms with Crippen LogP contribution in [-0.2, 0) is 14.3 Å². The van der Waals surface area contributed by atoms with Gasteiger partial charge in [0.15, 0.2) is 0 Å². The fourth-order valence-corrected chi connectivity index (χ4v) is 1.68. The van der Waals surface area contributed by atoms with Crippen LogP contribution in [0.15, 0.2) is 0 Å². The summed E-state index contributed by atoms with van der Waals surface area (Å²) in [5.74, 6) is -0.998. The van der Waals surface area contributed by atoms with E-state index in [2.05, 4.69) is 15.9 Å². The highest BCUT2D eigenvalue weighted by molar-refractivity contribution is 9.09. The number of hydrogen-bond donors (Lipinski definition) is 1. The van der Waals surface area contributed by atoms with Gasteiger partial charge >= 0.3 is 11.9 Å². The molecule has 0 radical (unpaired) electrons. The Morgan fingerprint density at radius 2 is 2.07 bits per heavy atom. The smallest absolute Gasteiger partial charge is 0.303 e. The van der Waals surface area contributed by atoms with Gasteiger partial charge in [-0.15, -0.1) is 0 Å². The van der Waals surface area contributed by atoms with Crippen LogP contribution in [0.5, 0.6) is 0 Å².